The first kappa shape index (κ1) is 92.0. The van der Waals surface area contributed by atoms with E-state index in [9.17, 15) is 105 Å². The molecular weight excluding hydrogens is 1890 g/mol. The van der Waals surface area contributed by atoms with Crippen LogP contribution in [-0.4, -0.2) is 12.3 Å². The Hall–Kier alpha value is -11.7. The summed E-state index contributed by atoms with van der Waals surface area (Å²) in [7, 11) is -0.0884. The summed E-state index contributed by atoms with van der Waals surface area (Å²) in [5.41, 5.74) is -25.9. The van der Waals surface area contributed by atoms with Crippen molar-refractivity contribution in [2.75, 3.05) is 0 Å². The largest absolute Gasteiger partial charge is 0.357 e. The second-order valence-electron chi connectivity index (χ2n) is 25.4. The van der Waals surface area contributed by atoms with Crippen molar-refractivity contribution in [2.24, 2.45) is 0 Å². The Morgan fingerprint density at radius 3 is 0.472 bits per heavy atom. The van der Waals surface area contributed by atoms with E-state index in [1.165, 1.54) is 33.0 Å². The first-order chi connectivity index (χ1) is 57.8. The molecule has 0 bridgehead atoms. The molecule has 13 aromatic rings. The molecule has 44 heteroatoms. The summed E-state index contributed by atoms with van der Waals surface area (Å²) >= 11 is -0.101. The van der Waals surface area contributed by atoms with Crippen LogP contribution < -0.4 is 64.9 Å². The van der Waals surface area contributed by atoms with Crippen molar-refractivity contribution in [3.8, 4) is 0 Å². The number of halogens is 41. The van der Waals surface area contributed by atoms with Crippen LogP contribution in [0.3, 0.4) is 0 Å². The van der Waals surface area contributed by atoms with Gasteiger partial charge in [0.2, 0.25) is 0 Å². The fourth-order valence-corrected chi connectivity index (χ4v) is 17.8. The van der Waals surface area contributed by atoms with Crippen molar-refractivity contribution in [1.82, 2.24) is 0 Å². The highest BCUT2D eigenvalue weighted by Gasteiger charge is 2.55. The van der Waals surface area contributed by atoms with Crippen molar-refractivity contribution in [1.29, 1.82) is 0 Å². The summed E-state index contributed by atoms with van der Waals surface area (Å²) in [5, 5.41) is 0. The van der Waals surface area contributed by atoms with Gasteiger partial charge in [0.25, 0.3) is 0 Å². The first-order valence-electron chi connectivity index (χ1n) is 32.9. The lowest BCUT2D eigenvalue weighted by Gasteiger charge is -2.44. The molecule has 0 fully saturated rings. The van der Waals surface area contributed by atoms with Gasteiger partial charge in [0, 0.05) is 0 Å². The van der Waals surface area contributed by atoms with Gasteiger partial charge in [-0.15, -0.1) is 43.7 Å². The van der Waals surface area contributed by atoms with Gasteiger partial charge in [0.05, 0.1) is 10.9 Å². The molecule has 0 heterocycles. The summed E-state index contributed by atoms with van der Waals surface area (Å²) in [6.45, 7) is 0. The van der Waals surface area contributed by atoms with Crippen LogP contribution in [0.1, 0.15) is 11.1 Å². The average Bonchev–Trinajstić information content (AvgIpc) is 0.684. The van der Waals surface area contributed by atoms with E-state index in [2.05, 4.69) is 140 Å². The predicted octanol–water partition coefficient (Wildman–Crippen LogP) is 16.2. The molecule has 640 valence electrons. The van der Waals surface area contributed by atoms with Gasteiger partial charge in [0.1, 0.15) is 105 Å². The second kappa shape index (κ2) is 35.2. The molecule has 0 nitrogen and oxygen atoms in total. The molecule has 0 aliphatic carbocycles. The van der Waals surface area contributed by atoms with Gasteiger partial charge >= 0.3 is 21.2 Å². The molecule has 13 rings (SSSR count). The van der Waals surface area contributed by atoms with Gasteiger partial charge in [-0.25, -0.2) is 176 Å². The first-order valence-corrected chi connectivity index (χ1v) is 36.3. The van der Waals surface area contributed by atoms with Crippen LogP contribution in [0.4, 0.5) is 176 Å². The number of rotatable bonds is 15. The zero-order chi connectivity index (χ0) is 91.0. The highest BCUT2D eigenvalue weighted by atomic mass is 127. The highest BCUT2D eigenvalue weighted by molar-refractivity contribution is 7.97. The van der Waals surface area contributed by atoms with Crippen molar-refractivity contribution in [2.45, 2.75) is 21.1 Å². The fourth-order valence-electron chi connectivity index (χ4n) is 13.5. The van der Waals surface area contributed by atoms with Crippen LogP contribution in [0.2, 0.25) is 0 Å². The average molecular weight is 1910 g/mol. The van der Waals surface area contributed by atoms with Crippen LogP contribution >= 0.6 is 0 Å². The molecule has 0 saturated carbocycles. The molecule has 0 unspecified atom stereocenters. The lowest BCUT2D eigenvalue weighted by molar-refractivity contribution is -0.597. The third-order valence-corrected chi connectivity index (χ3v) is 23.7. The van der Waals surface area contributed by atoms with Crippen molar-refractivity contribution in [3.05, 3.63) is 390 Å². The molecular formula is C79H25B2F40IS. The minimum Gasteiger partial charge on any atom is -0.207 e. The van der Waals surface area contributed by atoms with E-state index in [0.717, 1.165) is 6.42 Å². The quantitative estimate of drug-likeness (QED) is 0.0240. The summed E-state index contributed by atoms with van der Waals surface area (Å²) in [4.78, 5) is 4.07. The molecule has 0 saturated heterocycles. The maximum absolute atomic E-state index is 15.4. The maximum Gasteiger partial charge on any atom is 0.357 e. The molecule has 123 heavy (non-hydrogen) atoms. The van der Waals surface area contributed by atoms with Crippen molar-refractivity contribution in [3.63, 3.8) is 0 Å². The predicted molar refractivity (Wildman–Crippen MR) is 353 cm³/mol. The third-order valence-electron chi connectivity index (χ3n) is 18.8. The number of hydrogen-bond acceptors (Lipinski definition) is 0. The summed E-state index contributed by atoms with van der Waals surface area (Å²) in [5.74, 6) is -143. The molecule has 0 N–H and O–H groups in total. The minimum atomic E-state index is -7.22. The van der Waals surface area contributed by atoms with Crippen LogP contribution in [0, 0.1) is 240 Å². The summed E-state index contributed by atoms with van der Waals surface area (Å²) < 4.78 is 591. The molecule has 0 aliphatic heterocycles. The molecule has 0 spiro atoms. The maximum atomic E-state index is 15.4. The van der Waals surface area contributed by atoms with E-state index in [1.54, 1.807) is 0 Å². The van der Waals surface area contributed by atoms with Crippen LogP contribution in [0.25, 0.3) is 0 Å². The smallest absolute Gasteiger partial charge is 0.207 e. The zero-order valence-electron chi connectivity index (χ0n) is 58.5. The van der Waals surface area contributed by atoms with E-state index in [-0.39, 0.29) is 32.1 Å². The topological polar surface area (TPSA) is 0 Å². The van der Waals surface area contributed by atoms with Gasteiger partial charge in [-0.3, -0.25) is 0 Å². The van der Waals surface area contributed by atoms with Gasteiger partial charge in [0.15, 0.2) is 161 Å². The van der Waals surface area contributed by atoms with Crippen LogP contribution in [0.15, 0.2) is 154 Å². The van der Waals surface area contributed by atoms with Crippen molar-refractivity contribution < 1.29 is 197 Å². The van der Waals surface area contributed by atoms with E-state index in [4.69, 9.17) is 0 Å². The Kier molecular flexibility index (Phi) is 26.4. The SMILES string of the molecule is Fc1c(F)c(F)c([B-](c2c(F)c(F)c(F)c(F)c2F)(c2c(F)c(F)c(F)c(F)c2F)c2c(F)c(F)c(F)c(F)c2F)c(F)c1F.Fc1c(F)c(F)c([B-](c2c(F)c(F)c(F)c(F)c2F)(c2c(F)c(F)c(F)c(F)c2F)c2c(F)c(F)c(F)c(F)c2F)c(F)c1F.c1ccc([I+]c2ccc(Cc3ccc([S+](c4ccccc4)c4ccccc4)cc3)cc2)cc1. The molecule has 0 radical (unpaired) electrons. The van der Waals surface area contributed by atoms with Gasteiger partial charge in [-0.05, 0) is 78.2 Å². The monoisotopic (exact) mass is 1910 g/mol. The van der Waals surface area contributed by atoms with Crippen LogP contribution in [0.5, 0.6) is 0 Å². The Labute approximate surface area is 672 Å². The minimum absolute atomic E-state index is 0.0884. The summed E-state index contributed by atoms with van der Waals surface area (Å²) in [6.07, 6.45) is -13.5. The molecule has 0 aromatic heterocycles. The Morgan fingerprint density at radius 2 is 0.293 bits per heavy atom. The van der Waals surface area contributed by atoms with Crippen molar-refractivity contribution >= 4 is 66.9 Å². The second-order valence-corrected chi connectivity index (χ2v) is 30.4. The highest BCUT2D eigenvalue weighted by Crippen LogP contribution is 2.37. The van der Waals surface area contributed by atoms with E-state index in [1.807, 2.05) is 0 Å². The Balaban J connectivity index is 0.000000182. The normalized spacial score (nSPS) is 11.7. The Bertz CT molecular complexity index is 5330. The van der Waals surface area contributed by atoms with Crippen LogP contribution in [-0.2, 0) is 17.3 Å². The van der Waals surface area contributed by atoms with Gasteiger partial charge in [-0.2, -0.15) is 0 Å². The van der Waals surface area contributed by atoms with Gasteiger partial charge < -0.3 is 0 Å². The third kappa shape index (κ3) is 15.1. The van der Waals surface area contributed by atoms with Gasteiger partial charge in [-0.1, -0.05) is 78.9 Å². The lowest BCUT2D eigenvalue weighted by atomic mass is 9.12. The number of hydrogen-bond donors (Lipinski definition) is 0. The zero-order valence-corrected chi connectivity index (χ0v) is 61.5. The molecule has 0 aliphatic rings. The lowest BCUT2D eigenvalue weighted by Crippen LogP contribution is -3.61. The molecule has 0 atom stereocenters. The number of benzene rings is 13. The van der Waals surface area contributed by atoms with E-state index >= 15 is 70.2 Å². The fraction of sp³-hybridized carbons (Fsp3) is 0.0127. The van der Waals surface area contributed by atoms with E-state index in [0.29, 0.717) is 0 Å². The Morgan fingerprint density at radius 1 is 0.154 bits per heavy atom. The summed E-state index contributed by atoms with van der Waals surface area (Å²) in [6, 6.07) is 50.9. The standard InChI is InChI=1S/C31H25IS.2C24BF20/c1-4-10-27(11-5-1)32-28-20-16-25(17-21-28)24-26-18-22-31(23-19-26)33(29-12-6-2-7-13-29)30-14-8-3-9-15-30;2*26-5-1(6(27)14(35)21(42)13(5)34)25(2-7(28)15(36)22(43)16(37)8(2)29,3-9(30)17(38)23(44)18(39)10(3)31)4-11(32)19(40)24(45)20(41)12(4)33/h1-23H,24H2;;/q+2;2*-1. The molecule has 0 amide bonds. The van der Waals surface area contributed by atoms with E-state index < -0.39 is 289 Å². The molecule has 13 aromatic carbocycles.